The molecule has 1 aliphatic heterocycles. The highest BCUT2D eigenvalue weighted by atomic mass is 16.7. The number of rotatable bonds is 4. The molecule has 0 radical (unpaired) electrons. The molecule has 80 valence electrons. The van der Waals surface area contributed by atoms with Gasteiger partial charge < -0.3 is 14.8 Å². The van der Waals surface area contributed by atoms with Gasteiger partial charge in [0.25, 0.3) is 5.91 Å². The molecule has 0 aromatic rings. The Kier molecular flexibility index (Phi) is 3.66. The van der Waals surface area contributed by atoms with Crippen molar-refractivity contribution >= 4 is 5.91 Å². The molecular weight excluding hydrogens is 182 g/mol. The lowest BCUT2D eigenvalue weighted by Gasteiger charge is -2.16. The van der Waals surface area contributed by atoms with E-state index in [1.807, 2.05) is 0 Å². The van der Waals surface area contributed by atoms with E-state index in [9.17, 15) is 4.79 Å². The molecule has 0 saturated carbocycles. The summed E-state index contributed by atoms with van der Waals surface area (Å²) in [6.07, 6.45) is 2.05. The van der Waals surface area contributed by atoms with Gasteiger partial charge in [-0.3, -0.25) is 4.79 Å². The topological polar surface area (TPSA) is 47.6 Å². The van der Waals surface area contributed by atoms with Crippen LogP contribution in [0.5, 0.6) is 0 Å². The van der Waals surface area contributed by atoms with Crippen LogP contribution in [-0.2, 0) is 14.3 Å². The first-order chi connectivity index (χ1) is 6.55. The number of ether oxygens (including phenoxy) is 2. The van der Waals surface area contributed by atoms with Crippen LogP contribution in [-0.4, -0.2) is 30.9 Å². The van der Waals surface area contributed by atoms with E-state index in [1.165, 1.54) is 0 Å². The van der Waals surface area contributed by atoms with Crippen LogP contribution in [0.1, 0.15) is 20.3 Å². The third-order valence-corrected chi connectivity index (χ3v) is 1.95. The van der Waals surface area contributed by atoms with E-state index in [2.05, 4.69) is 11.9 Å². The highest BCUT2D eigenvalue weighted by Crippen LogP contribution is 2.22. The molecule has 1 heterocycles. The van der Waals surface area contributed by atoms with Gasteiger partial charge in [0.1, 0.15) is 0 Å². The van der Waals surface area contributed by atoms with Gasteiger partial charge in [0.05, 0.1) is 6.61 Å². The molecule has 1 atom stereocenters. The van der Waals surface area contributed by atoms with Crippen molar-refractivity contribution in [3.05, 3.63) is 12.7 Å². The summed E-state index contributed by atoms with van der Waals surface area (Å²) >= 11 is 0. The summed E-state index contributed by atoms with van der Waals surface area (Å²) in [6, 6.07) is 0. The molecule has 0 aromatic heterocycles. The molecule has 1 rings (SSSR count). The Bertz CT molecular complexity index is 225. The van der Waals surface area contributed by atoms with Gasteiger partial charge in [0, 0.05) is 6.54 Å². The van der Waals surface area contributed by atoms with Gasteiger partial charge in [0.15, 0.2) is 11.9 Å². The molecule has 14 heavy (non-hydrogen) atoms. The summed E-state index contributed by atoms with van der Waals surface area (Å²) in [6.45, 7) is 8.09. The highest BCUT2D eigenvalue weighted by molar-refractivity contribution is 5.81. The highest BCUT2D eigenvalue weighted by Gasteiger charge is 2.36. The minimum Gasteiger partial charge on any atom is -0.353 e. The molecule has 4 nitrogen and oxygen atoms in total. The Morgan fingerprint density at radius 3 is 2.93 bits per heavy atom. The lowest BCUT2D eigenvalue weighted by molar-refractivity contribution is -0.153. The zero-order chi connectivity index (χ0) is 10.6. The molecular formula is C10H17NO3. The second-order valence-electron chi connectivity index (χ2n) is 3.69. The molecule has 0 bridgehead atoms. The standard InChI is InChI=1S/C10H17NO3/c1-4-5-6-11-9(12)8-7-13-10(2,3)14-8/h4,8H,1,5-7H2,2-3H3,(H,11,12). The van der Waals surface area contributed by atoms with Gasteiger partial charge >= 0.3 is 0 Å². The zero-order valence-electron chi connectivity index (χ0n) is 8.71. The van der Waals surface area contributed by atoms with Crippen molar-refractivity contribution in [1.82, 2.24) is 5.32 Å². The Labute approximate surface area is 84.3 Å². The summed E-state index contributed by atoms with van der Waals surface area (Å²) in [7, 11) is 0. The first kappa shape index (κ1) is 11.2. The number of amides is 1. The van der Waals surface area contributed by atoms with E-state index in [1.54, 1.807) is 19.9 Å². The monoisotopic (exact) mass is 199 g/mol. The number of hydrogen-bond acceptors (Lipinski definition) is 3. The van der Waals surface area contributed by atoms with Crippen molar-refractivity contribution in [2.24, 2.45) is 0 Å². The van der Waals surface area contributed by atoms with Gasteiger partial charge in [0.2, 0.25) is 0 Å². The predicted octanol–water partition coefficient (Wildman–Crippen LogP) is 0.830. The molecule has 1 amide bonds. The van der Waals surface area contributed by atoms with Crippen LogP contribution in [0.25, 0.3) is 0 Å². The van der Waals surface area contributed by atoms with Crippen molar-refractivity contribution < 1.29 is 14.3 Å². The van der Waals surface area contributed by atoms with Crippen molar-refractivity contribution in [1.29, 1.82) is 0 Å². The van der Waals surface area contributed by atoms with E-state index in [0.717, 1.165) is 6.42 Å². The first-order valence-electron chi connectivity index (χ1n) is 4.75. The van der Waals surface area contributed by atoms with Crippen molar-refractivity contribution in [2.45, 2.75) is 32.2 Å². The number of carbonyl (C=O) groups is 1. The van der Waals surface area contributed by atoms with Gasteiger partial charge in [-0.15, -0.1) is 6.58 Å². The molecule has 0 aliphatic carbocycles. The zero-order valence-corrected chi connectivity index (χ0v) is 8.71. The third-order valence-electron chi connectivity index (χ3n) is 1.95. The summed E-state index contributed by atoms with van der Waals surface area (Å²) in [4.78, 5) is 11.5. The lowest BCUT2D eigenvalue weighted by atomic mass is 10.3. The maximum absolute atomic E-state index is 11.5. The molecule has 0 spiro atoms. The van der Waals surface area contributed by atoms with E-state index >= 15 is 0 Å². The van der Waals surface area contributed by atoms with E-state index in [-0.39, 0.29) is 5.91 Å². The Hall–Kier alpha value is -0.870. The van der Waals surface area contributed by atoms with Gasteiger partial charge in [-0.1, -0.05) is 6.08 Å². The van der Waals surface area contributed by atoms with Crippen molar-refractivity contribution in [2.75, 3.05) is 13.2 Å². The molecule has 1 saturated heterocycles. The predicted molar refractivity (Wildman–Crippen MR) is 52.7 cm³/mol. The van der Waals surface area contributed by atoms with Crippen LogP contribution >= 0.6 is 0 Å². The average Bonchev–Trinajstić information content (AvgIpc) is 2.46. The normalized spacial score (nSPS) is 24.6. The fraction of sp³-hybridized carbons (Fsp3) is 0.700. The fourth-order valence-electron chi connectivity index (χ4n) is 1.23. The molecule has 1 fully saturated rings. The number of hydrogen-bond donors (Lipinski definition) is 1. The maximum atomic E-state index is 11.5. The summed E-state index contributed by atoms with van der Waals surface area (Å²) in [5.74, 6) is -0.752. The minimum atomic E-state index is -0.638. The average molecular weight is 199 g/mol. The Balaban J connectivity index is 2.29. The molecule has 1 aliphatic rings. The molecule has 0 aromatic carbocycles. The van der Waals surface area contributed by atoms with Gasteiger partial charge in [-0.2, -0.15) is 0 Å². The van der Waals surface area contributed by atoms with Crippen molar-refractivity contribution in [3.63, 3.8) is 0 Å². The van der Waals surface area contributed by atoms with Gasteiger partial charge in [-0.05, 0) is 20.3 Å². The van der Waals surface area contributed by atoms with E-state index < -0.39 is 11.9 Å². The quantitative estimate of drug-likeness (QED) is 0.539. The smallest absolute Gasteiger partial charge is 0.251 e. The second-order valence-corrected chi connectivity index (χ2v) is 3.69. The second kappa shape index (κ2) is 4.57. The molecule has 4 heteroatoms. The number of nitrogens with one attached hydrogen (secondary N) is 1. The van der Waals surface area contributed by atoms with Crippen molar-refractivity contribution in [3.8, 4) is 0 Å². The van der Waals surface area contributed by atoms with Gasteiger partial charge in [-0.25, -0.2) is 0 Å². The van der Waals surface area contributed by atoms with Crippen LogP contribution in [0.3, 0.4) is 0 Å². The SMILES string of the molecule is C=CCCNC(=O)C1COC(C)(C)O1. The largest absolute Gasteiger partial charge is 0.353 e. The van der Waals surface area contributed by atoms with Crippen LogP contribution in [0.2, 0.25) is 0 Å². The van der Waals surface area contributed by atoms with Crippen LogP contribution < -0.4 is 5.32 Å². The first-order valence-corrected chi connectivity index (χ1v) is 4.75. The summed E-state index contributed by atoms with van der Waals surface area (Å²) in [5.41, 5.74) is 0. The summed E-state index contributed by atoms with van der Waals surface area (Å²) in [5, 5.41) is 2.75. The number of carbonyl (C=O) groups excluding carboxylic acids is 1. The van der Waals surface area contributed by atoms with Crippen LogP contribution in [0, 0.1) is 0 Å². The Morgan fingerprint density at radius 1 is 1.71 bits per heavy atom. The third kappa shape index (κ3) is 3.12. The lowest BCUT2D eigenvalue weighted by Crippen LogP contribution is -2.37. The van der Waals surface area contributed by atoms with E-state index in [4.69, 9.17) is 9.47 Å². The Morgan fingerprint density at radius 2 is 2.43 bits per heavy atom. The maximum Gasteiger partial charge on any atom is 0.251 e. The summed E-state index contributed by atoms with van der Waals surface area (Å²) < 4.78 is 10.7. The molecule has 1 unspecified atom stereocenters. The van der Waals surface area contributed by atoms with Crippen LogP contribution in [0.4, 0.5) is 0 Å². The minimum absolute atomic E-state index is 0.113. The van der Waals surface area contributed by atoms with Crippen LogP contribution in [0.15, 0.2) is 12.7 Å². The molecule has 1 N–H and O–H groups in total. The van der Waals surface area contributed by atoms with E-state index in [0.29, 0.717) is 13.2 Å². The fourth-order valence-corrected chi connectivity index (χ4v) is 1.23.